The van der Waals surface area contributed by atoms with E-state index in [-0.39, 0.29) is 22.9 Å². The lowest BCUT2D eigenvalue weighted by molar-refractivity contribution is -0.121. The van der Waals surface area contributed by atoms with E-state index in [0.717, 1.165) is 19.6 Å². The van der Waals surface area contributed by atoms with E-state index in [0.29, 0.717) is 53.9 Å². The number of amides is 1. The van der Waals surface area contributed by atoms with Gasteiger partial charge in [0.05, 0.1) is 22.8 Å². The molecule has 37 heavy (non-hydrogen) atoms. The molecule has 5 rings (SSSR count). The van der Waals surface area contributed by atoms with Gasteiger partial charge in [-0.1, -0.05) is 29.0 Å². The summed E-state index contributed by atoms with van der Waals surface area (Å²) in [4.78, 5) is 22.3. The summed E-state index contributed by atoms with van der Waals surface area (Å²) in [7, 11) is -3.91. The van der Waals surface area contributed by atoms with Crippen molar-refractivity contribution in [3.63, 3.8) is 0 Å². The number of hydrogen-bond acceptors (Lipinski definition) is 7. The Labute approximate surface area is 224 Å². The maximum absolute atomic E-state index is 14.4. The molecule has 1 amide bonds. The number of rotatable bonds is 8. The first-order valence-electron chi connectivity index (χ1n) is 12.3. The molecule has 1 unspecified atom stereocenters. The Bertz CT molecular complexity index is 1360. The van der Waals surface area contributed by atoms with E-state index < -0.39 is 21.9 Å². The van der Waals surface area contributed by atoms with Crippen molar-refractivity contribution >= 4 is 54.2 Å². The van der Waals surface area contributed by atoms with Crippen molar-refractivity contribution in [2.75, 3.05) is 50.8 Å². The summed E-state index contributed by atoms with van der Waals surface area (Å²) in [5, 5.41) is 0.810. The molecule has 0 saturated carbocycles. The molecule has 2 aliphatic heterocycles. The number of carbonyl (C=O) groups excluding carboxylic acids is 1. The molecule has 2 aromatic carbocycles. The third-order valence-corrected chi connectivity index (χ3v) is 9.94. The first-order chi connectivity index (χ1) is 17.8. The summed E-state index contributed by atoms with van der Waals surface area (Å²) in [5.41, 5.74) is 0.213. The molecular formula is C25H28ClFN4O4S2. The van der Waals surface area contributed by atoms with Gasteiger partial charge in [0.15, 0.2) is 5.13 Å². The maximum atomic E-state index is 14.4. The number of nitrogens with zero attached hydrogens (tertiary/aromatic N) is 4. The Morgan fingerprint density at radius 2 is 1.92 bits per heavy atom. The fourth-order valence-corrected chi connectivity index (χ4v) is 7.58. The van der Waals surface area contributed by atoms with Gasteiger partial charge in [0.1, 0.15) is 17.4 Å². The van der Waals surface area contributed by atoms with Gasteiger partial charge in [0.2, 0.25) is 15.9 Å². The van der Waals surface area contributed by atoms with Gasteiger partial charge in [-0.25, -0.2) is 17.8 Å². The predicted molar refractivity (Wildman–Crippen MR) is 142 cm³/mol. The van der Waals surface area contributed by atoms with Crippen LogP contribution in [0, 0.1) is 5.82 Å². The second-order valence-electron chi connectivity index (χ2n) is 9.11. The van der Waals surface area contributed by atoms with E-state index in [1.807, 2.05) is 0 Å². The van der Waals surface area contributed by atoms with E-state index in [4.69, 9.17) is 16.3 Å². The Morgan fingerprint density at radius 3 is 2.65 bits per heavy atom. The van der Waals surface area contributed by atoms with Crippen LogP contribution in [0.25, 0.3) is 10.2 Å². The number of para-hydroxylation sites is 1. The zero-order chi connectivity index (χ0) is 26.0. The Hall–Kier alpha value is -2.15. The monoisotopic (exact) mass is 566 g/mol. The van der Waals surface area contributed by atoms with Crippen LogP contribution in [0.1, 0.15) is 19.3 Å². The van der Waals surface area contributed by atoms with Crippen LogP contribution >= 0.6 is 22.9 Å². The SMILES string of the molecule is O=C(C1CCCN1S(=O)(=O)c1ccc(Cl)cc1)N(CCCN1CCOCC1)c1nc2c(F)cccc2s1. The van der Waals surface area contributed by atoms with Gasteiger partial charge < -0.3 is 4.74 Å². The average molecular weight is 567 g/mol. The van der Waals surface area contributed by atoms with Crippen LogP contribution < -0.4 is 4.90 Å². The predicted octanol–water partition coefficient (Wildman–Crippen LogP) is 4.00. The molecule has 198 valence electrons. The first-order valence-corrected chi connectivity index (χ1v) is 14.9. The molecule has 8 nitrogen and oxygen atoms in total. The molecule has 12 heteroatoms. The summed E-state index contributed by atoms with van der Waals surface area (Å²) >= 11 is 7.18. The molecule has 2 fully saturated rings. The second kappa shape index (κ2) is 11.3. The Kier molecular flexibility index (Phi) is 8.08. The Morgan fingerprint density at radius 1 is 1.16 bits per heavy atom. The number of fused-ring (bicyclic) bond motifs is 1. The molecule has 0 spiro atoms. The number of thiazole rings is 1. The zero-order valence-electron chi connectivity index (χ0n) is 20.2. The minimum Gasteiger partial charge on any atom is -0.379 e. The van der Waals surface area contributed by atoms with Crippen LogP contribution in [0.15, 0.2) is 47.4 Å². The van der Waals surface area contributed by atoms with Crippen LogP contribution in [0.2, 0.25) is 5.02 Å². The lowest BCUT2D eigenvalue weighted by Gasteiger charge is -2.30. The molecular weight excluding hydrogens is 539 g/mol. The van der Waals surface area contributed by atoms with Crippen molar-refractivity contribution in [2.45, 2.75) is 30.2 Å². The molecule has 0 bridgehead atoms. The molecule has 3 aromatic rings. The minimum atomic E-state index is -3.91. The van der Waals surface area contributed by atoms with Crippen molar-refractivity contribution < 1.29 is 22.3 Å². The van der Waals surface area contributed by atoms with Gasteiger partial charge >= 0.3 is 0 Å². The van der Waals surface area contributed by atoms with Crippen molar-refractivity contribution in [3.8, 4) is 0 Å². The molecule has 2 saturated heterocycles. The smallest absolute Gasteiger partial charge is 0.247 e. The van der Waals surface area contributed by atoms with Crippen LogP contribution in [0.4, 0.5) is 9.52 Å². The topological polar surface area (TPSA) is 83.1 Å². The molecule has 0 radical (unpaired) electrons. The lowest BCUT2D eigenvalue weighted by Crippen LogP contribution is -2.48. The van der Waals surface area contributed by atoms with Crippen molar-refractivity contribution in [3.05, 3.63) is 53.3 Å². The van der Waals surface area contributed by atoms with Crippen LogP contribution in [0.3, 0.4) is 0 Å². The van der Waals surface area contributed by atoms with Crippen molar-refractivity contribution in [1.82, 2.24) is 14.2 Å². The maximum Gasteiger partial charge on any atom is 0.247 e. The number of morpholine rings is 1. The van der Waals surface area contributed by atoms with Gasteiger partial charge in [0.25, 0.3) is 0 Å². The van der Waals surface area contributed by atoms with Crippen LogP contribution in [0.5, 0.6) is 0 Å². The number of hydrogen-bond donors (Lipinski definition) is 0. The summed E-state index contributed by atoms with van der Waals surface area (Å²) in [6.45, 7) is 4.38. The summed E-state index contributed by atoms with van der Waals surface area (Å²) in [5.74, 6) is -0.787. The van der Waals surface area contributed by atoms with Gasteiger partial charge in [-0.2, -0.15) is 4.31 Å². The van der Waals surface area contributed by atoms with Crippen molar-refractivity contribution in [2.24, 2.45) is 0 Å². The number of halogens is 2. The highest BCUT2D eigenvalue weighted by atomic mass is 35.5. The fraction of sp³-hybridized carbons (Fsp3) is 0.440. The van der Waals surface area contributed by atoms with Gasteiger partial charge in [-0.3, -0.25) is 14.6 Å². The van der Waals surface area contributed by atoms with Crippen LogP contribution in [-0.2, 0) is 19.6 Å². The molecule has 1 atom stereocenters. The number of ether oxygens (including phenoxy) is 1. The third-order valence-electron chi connectivity index (χ3n) is 6.72. The van der Waals surface area contributed by atoms with E-state index >= 15 is 0 Å². The lowest BCUT2D eigenvalue weighted by atomic mass is 10.2. The molecule has 0 N–H and O–H groups in total. The number of anilines is 1. The summed E-state index contributed by atoms with van der Waals surface area (Å²) in [6.07, 6.45) is 1.64. The number of carbonyl (C=O) groups is 1. The van der Waals surface area contributed by atoms with Crippen LogP contribution in [-0.4, -0.2) is 80.5 Å². The summed E-state index contributed by atoms with van der Waals surface area (Å²) < 4.78 is 48.7. The largest absolute Gasteiger partial charge is 0.379 e. The Balaban J connectivity index is 1.42. The minimum absolute atomic E-state index is 0.0949. The van der Waals surface area contributed by atoms with E-state index in [9.17, 15) is 17.6 Å². The fourth-order valence-electron chi connectivity index (χ4n) is 4.79. The number of sulfonamides is 1. The highest BCUT2D eigenvalue weighted by Crippen LogP contribution is 2.33. The molecule has 0 aliphatic carbocycles. The van der Waals surface area contributed by atoms with E-state index in [1.165, 1.54) is 46.0 Å². The summed E-state index contributed by atoms with van der Waals surface area (Å²) in [6, 6.07) is 9.81. The third kappa shape index (κ3) is 5.67. The standard InChI is InChI=1S/C25H28ClFN4O4S2/c26-18-7-9-19(10-8-18)37(33,34)31-13-2-5-21(31)24(32)30(12-3-11-29-14-16-35-17-15-29)25-28-23-20(27)4-1-6-22(23)36-25/h1,4,6-10,21H,2-3,5,11-17H2. The molecule has 1 aromatic heterocycles. The number of aromatic nitrogens is 1. The molecule has 2 aliphatic rings. The zero-order valence-corrected chi connectivity index (χ0v) is 22.6. The van der Waals surface area contributed by atoms with E-state index in [2.05, 4.69) is 9.88 Å². The van der Waals surface area contributed by atoms with Gasteiger partial charge in [-0.05, 0) is 55.7 Å². The second-order valence-corrected chi connectivity index (χ2v) is 12.4. The first kappa shape index (κ1) is 26.5. The van der Waals surface area contributed by atoms with Crippen molar-refractivity contribution in [1.29, 1.82) is 0 Å². The number of benzene rings is 2. The quantitative estimate of drug-likeness (QED) is 0.410. The normalized spacial score (nSPS) is 19.5. The highest BCUT2D eigenvalue weighted by Gasteiger charge is 2.42. The molecule has 3 heterocycles. The average Bonchev–Trinajstić information content (AvgIpc) is 3.56. The van der Waals surface area contributed by atoms with Gasteiger partial charge in [0, 0.05) is 37.7 Å². The van der Waals surface area contributed by atoms with E-state index in [1.54, 1.807) is 17.0 Å². The van der Waals surface area contributed by atoms with Gasteiger partial charge in [-0.15, -0.1) is 0 Å². The highest BCUT2D eigenvalue weighted by molar-refractivity contribution is 7.89.